The lowest BCUT2D eigenvalue weighted by Crippen LogP contribution is -2.48. The van der Waals surface area contributed by atoms with E-state index in [2.05, 4.69) is 27.8 Å². The minimum atomic E-state index is -4.41. The number of aliphatic imine (C=N–C) groups is 1. The van der Waals surface area contributed by atoms with Crippen LogP contribution in [-0.4, -0.2) is 56.7 Å². The molecule has 0 bridgehead atoms. The molecule has 1 aromatic carbocycles. The molecular weight excluding hydrogens is 484 g/mol. The Hall–Kier alpha value is -1.52. The lowest BCUT2D eigenvalue weighted by molar-refractivity contribution is -0.157. The van der Waals surface area contributed by atoms with E-state index in [0.29, 0.717) is 17.4 Å². The Bertz CT molecular complexity index is 646. The van der Waals surface area contributed by atoms with Crippen molar-refractivity contribution in [2.75, 3.05) is 33.7 Å². The summed E-state index contributed by atoms with van der Waals surface area (Å²) in [6.45, 7) is -0.857. The van der Waals surface area contributed by atoms with E-state index >= 15 is 0 Å². The van der Waals surface area contributed by atoms with Crippen LogP contribution in [0.15, 0.2) is 35.3 Å². The van der Waals surface area contributed by atoms with Crippen molar-refractivity contribution >= 4 is 35.8 Å². The topological polar surface area (TPSA) is 56.7 Å². The zero-order valence-electron chi connectivity index (χ0n) is 16.2. The molecule has 2 rings (SSSR count). The number of halogens is 4. The number of alkyl halides is 3. The van der Waals surface area contributed by atoms with Gasteiger partial charge in [0.15, 0.2) is 5.96 Å². The number of benzene rings is 1. The van der Waals surface area contributed by atoms with E-state index in [9.17, 15) is 18.0 Å². The average molecular weight is 512 g/mol. The third kappa shape index (κ3) is 7.14. The van der Waals surface area contributed by atoms with Crippen molar-refractivity contribution in [3.8, 4) is 0 Å². The minimum Gasteiger partial charge on any atom is -0.356 e. The molecule has 1 aliphatic carbocycles. The molecule has 0 radical (unpaired) electrons. The number of nitrogens with zero attached hydrogens (tertiary/aromatic N) is 2. The Morgan fingerprint density at radius 2 is 1.79 bits per heavy atom. The van der Waals surface area contributed by atoms with Crippen molar-refractivity contribution in [3.63, 3.8) is 0 Å². The Labute approximate surface area is 181 Å². The van der Waals surface area contributed by atoms with Crippen LogP contribution in [-0.2, 0) is 10.2 Å². The number of carbonyl (C=O) groups excluding carboxylic acids is 1. The molecule has 1 aliphatic rings. The molecule has 5 nitrogen and oxygen atoms in total. The molecule has 158 valence electrons. The van der Waals surface area contributed by atoms with Crippen molar-refractivity contribution in [2.45, 2.75) is 37.3 Å². The maximum atomic E-state index is 12.4. The number of amides is 1. The normalized spacial score (nSPS) is 16.2. The van der Waals surface area contributed by atoms with Crippen LogP contribution in [0.25, 0.3) is 0 Å². The second kappa shape index (κ2) is 10.9. The van der Waals surface area contributed by atoms with E-state index < -0.39 is 18.6 Å². The number of hydrogen-bond acceptors (Lipinski definition) is 2. The highest BCUT2D eigenvalue weighted by atomic mass is 127. The third-order valence-electron chi connectivity index (χ3n) is 5.01. The van der Waals surface area contributed by atoms with Gasteiger partial charge in [0.05, 0.1) is 6.54 Å². The zero-order valence-corrected chi connectivity index (χ0v) is 18.5. The lowest BCUT2D eigenvalue weighted by Gasteiger charge is -2.31. The number of carbonyl (C=O) groups is 1. The molecular formula is C19H28F3IN4O. The van der Waals surface area contributed by atoms with E-state index in [1.165, 1.54) is 5.56 Å². The van der Waals surface area contributed by atoms with E-state index in [1.807, 2.05) is 18.2 Å². The van der Waals surface area contributed by atoms with Crippen molar-refractivity contribution in [1.82, 2.24) is 15.5 Å². The van der Waals surface area contributed by atoms with Crippen molar-refractivity contribution in [2.24, 2.45) is 4.99 Å². The van der Waals surface area contributed by atoms with Crippen LogP contribution in [0.3, 0.4) is 0 Å². The van der Waals surface area contributed by atoms with Crippen LogP contribution in [0.4, 0.5) is 13.2 Å². The Kier molecular flexibility index (Phi) is 9.52. The van der Waals surface area contributed by atoms with Crippen LogP contribution < -0.4 is 10.6 Å². The monoisotopic (exact) mass is 512 g/mol. The molecule has 2 N–H and O–H groups in total. The van der Waals surface area contributed by atoms with Gasteiger partial charge < -0.3 is 15.5 Å². The highest BCUT2D eigenvalue weighted by Gasteiger charge is 2.35. The smallest absolute Gasteiger partial charge is 0.356 e. The highest BCUT2D eigenvalue weighted by molar-refractivity contribution is 14.0. The Balaban J connectivity index is 0.00000392. The van der Waals surface area contributed by atoms with Gasteiger partial charge in [0.1, 0.15) is 6.54 Å². The Morgan fingerprint density at radius 3 is 2.32 bits per heavy atom. The maximum absolute atomic E-state index is 12.4. The van der Waals surface area contributed by atoms with E-state index in [1.54, 1.807) is 7.05 Å². The fourth-order valence-corrected chi connectivity index (χ4v) is 3.54. The SMILES string of the molecule is CN=C(NCC(=O)N(C)CC(F)(F)F)NCC1(c2ccccc2)CCCC1.I. The standard InChI is InChI=1S/C19H27F3N4O.HI/c1-23-17(24-12-16(27)26(2)14-19(20,21)22)25-13-18(10-6-7-11-18)15-8-4-3-5-9-15;/h3-5,8-9H,6-7,10-14H2,1-2H3,(H2,23,24,25);1H. The van der Waals surface area contributed by atoms with Gasteiger partial charge in [-0.25, -0.2) is 0 Å². The van der Waals surface area contributed by atoms with Crippen LogP contribution in [0.1, 0.15) is 31.2 Å². The van der Waals surface area contributed by atoms with Gasteiger partial charge in [0.25, 0.3) is 0 Å². The molecule has 0 aromatic heterocycles. The predicted molar refractivity (Wildman–Crippen MR) is 115 cm³/mol. The van der Waals surface area contributed by atoms with Gasteiger partial charge in [-0.2, -0.15) is 13.2 Å². The first-order valence-corrected chi connectivity index (χ1v) is 9.06. The molecule has 1 saturated carbocycles. The molecule has 1 fully saturated rings. The summed E-state index contributed by atoms with van der Waals surface area (Å²) in [5, 5.41) is 6.05. The van der Waals surface area contributed by atoms with Crippen molar-refractivity contribution in [1.29, 1.82) is 0 Å². The summed E-state index contributed by atoms with van der Waals surface area (Å²) < 4.78 is 37.1. The second-order valence-corrected chi connectivity index (χ2v) is 7.00. The third-order valence-corrected chi connectivity index (χ3v) is 5.01. The fourth-order valence-electron chi connectivity index (χ4n) is 3.54. The average Bonchev–Trinajstić information content (AvgIpc) is 3.11. The quantitative estimate of drug-likeness (QED) is 0.350. The van der Waals surface area contributed by atoms with Gasteiger partial charge in [-0.15, -0.1) is 24.0 Å². The van der Waals surface area contributed by atoms with Gasteiger partial charge in [-0.05, 0) is 18.4 Å². The molecule has 0 aliphatic heterocycles. The summed E-state index contributed by atoms with van der Waals surface area (Å²) in [5.74, 6) is -0.236. The molecule has 28 heavy (non-hydrogen) atoms. The molecule has 0 atom stereocenters. The van der Waals surface area contributed by atoms with Crippen LogP contribution in [0, 0.1) is 0 Å². The molecule has 1 aromatic rings. The largest absolute Gasteiger partial charge is 0.406 e. The van der Waals surface area contributed by atoms with Crippen molar-refractivity contribution in [3.05, 3.63) is 35.9 Å². The van der Waals surface area contributed by atoms with Crippen LogP contribution in [0.5, 0.6) is 0 Å². The van der Waals surface area contributed by atoms with Gasteiger partial charge in [0, 0.05) is 26.1 Å². The highest BCUT2D eigenvalue weighted by Crippen LogP contribution is 2.40. The minimum absolute atomic E-state index is 0. The van der Waals surface area contributed by atoms with Gasteiger partial charge in [0.2, 0.25) is 5.91 Å². The molecule has 0 heterocycles. The predicted octanol–water partition coefficient (Wildman–Crippen LogP) is 3.30. The summed E-state index contributed by atoms with van der Waals surface area (Å²) in [6, 6.07) is 10.3. The summed E-state index contributed by atoms with van der Waals surface area (Å²) in [4.78, 5) is 16.6. The molecule has 9 heteroatoms. The summed E-state index contributed by atoms with van der Waals surface area (Å²) >= 11 is 0. The second-order valence-electron chi connectivity index (χ2n) is 7.00. The summed E-state index contributed by atoms with van der Waals surface area (Å²) in [5.41, 5.74) is 1.28. The summed E-state index contributed by atoms with van der Waals surface area (Å²) in [7, 11) is 2.71. The van der Waals surface area contributed by atoms with E-state index in [0.717, 1.165) is 32.7 Å². The first-order valence-electron chi connectivity index (χ1n) is 9.06. The lowest BCUT2D eigenvalue weighted by atomic mass is 9.79. The number of hydrogen-bond donors (Lipinski definition) is 2. The number of guanidine groups is 1. The van der Waals surface area contributed by atoms with Gasteiger partial charge >= 0.3 is 6.18 Å². The first-order chi connectivity index (χ1) is 12.8. The number of rotatable bonds is 6. The molecule has 1 amide bonds. The van der Waals surface area contributed by atoms with Gasteiger partial charge in [-0.3, -0.25) is 9.79 Å². The van der Waals surface area contributed by atoms with Crippen LogP contribution >= 0.6 is 24.0 Å². The summed E-state index contributed by atoms with van der Waals surface area (Å²) in [6.07, 6.45) is 0.0318. The van der Waals surface area contributed by atoms with Crippen LogP contribution in [0.2, 0.25) is 0 Å². The van der Waals surface area contributed by atoms with E-state index in [4.69, 9.17) is 0 Å². The van der Waals surface area contributed by atoms with E-state index in [-0.39, 0.29) is 35.9 Å². The van der Waals surface area contributed by atoms with Crippen molar-refractivity contribution < 1.29 is 18.0 Å². The zero-order chi connectivity index (χ0) is 19.9. The molecule has 0 saturated heterocycles. The molecule has 0 spiro atoms. The number of nitrogens with one attached hydrogen (secondary N) is 2. The number of likely N-dealkylation sites (N-methyl/N-ethyl adjacent to an activating group) is 1. The fraction of sp³-hybridized carbons (Fsp3) is 0.579. The molecule has 0 unspecified atom stereocenters. The van der Waals surface area contributed by atoms with Gasteiger partial charge in [-0.1, -0.05) is 43.2 Å². The Morgan fingerprint density at radius 1 is 1.18 bits per heavy atom. The maximum Gasteiger partial charge on any atom is 0.406 e. The first kappa shape index (κ1) is 24.5.